The van der Waals surface area contributed by atoms with Crippen LogP contribution in [0.1, 0.15) is 18.5 Å². The van der Waals surface area contributed by atoms with E-state index in [1.165, 1.54) is 0 Å². The molecular formula is C17H17ClIN5O. The molecule has 2 aromatic heterocycles. The van der Waals surface area contributed by atoms with E-state index in [9.17, 15) is 10.1 Å². The summed E-state index contributed by atoms with van der Waals surface area (Å²) in [7, 11) is 1.87. The molecule has 0 spiro atoms. The van der Waals surface area contributed by atoms with Crippen molar-refractivity contribution in [3.63, 3.8) is 0 Å². The van der Waals surface area contributed by atoms with Crippen LogP contribution in [0.4, 0.5) is 4.79 Å². The minimum atomic E-state index is -0.0437. The van der Waals surface area contributed by atoms with E-state index in [1.54, 1.807) is 40.3 Å². The fourth-order valence-electron chi connectivity index (χ4n) is 2.79. The number of allylic oxidation sites excluding steroid dienone is 1. The summed E-state index contributed by atoms with van der Waals surface area (Å²) in [5, 5.41) is 10.0. The maximum absolute atomic E-state index is 12.4. The lowest BCUT2D eigenvalue weighted by Gasteiger charge is -2.27. The number of nitrogens with zero attached hydrogens (tertiary/aromatic N) is 5. The Morgan fingerprint density at radius 2 is 2.08 bits per heavy atom. The van der Waals surface area contributed by atoms with Crippen LogP contribution in [0.3, 0.4) is 0 Å². The summed E-state index contributed by atoms with van der Waals surface area (Å²) in [6.07, 6.45) is 8.20. The predicted octanol–water partition coefficient (Wildman–Crippen LogP) is -0.594. The van der Waals surface area contributed by atoms with Gasteiger partial charge in [0.05, 0.1) is 23.3 Å². The van der Waals surface area contributed by atoms with Crippen LogP contribution >= 0.6 is 11.6 Å². The molecule has 1 aliphatic heterocycles. The monoisotopic (exact) mass is 469 g/mol. The lowest BCUT2D eigenvalue weighted by Crippen LogP contribution is -3.00. The van der Waals surface area contributed by atoms with Crippen molar-refractivity contribution in [2.24, 2.45) is 7.05 Å². The van der Waals surface area contributed by atoms with Crippen molar-refractivity contribution in [2.45, 2.75) is 12.8 Å². The van der Waals surface area contributed by atoms with Crippen molar-refractivity contribution < 1.29 is 33.3 Å². The molecule has 1 fully saturated rings. The summed E-state index contributed by atoms with van der Waals surface area (Å²) >= 11 is 5.85. The number of aromatic nitrogens is 3. The number of hydrogen-bond acceptors (Lipinski definition) is 3. The normalized spacial score (nSPS) is 13.8. The van der Waals surface area contributed by atoms with Crippen molar-refractivity contribution in [3.8, 4) is 6.07 Å². The second kappa shape index (κ2) is 8.45. The fraction of sp³-hybridized carbons (Fsp3) is 0.294. The number of imidazole rings is 1. The van der Waals surface area contributed by atoms with Gasteiger partial charge < -0.3 is 28.9 Å². The van der Waals surface area contributed by atoms with Crippen LogP contribution in [-0.2, 0) is 7.05 Å². The lowest BCUT2D eigenvalue weighted by molar-refractivity contribution is -0.670. The van der Waals surface area contributed by atoms with E-state index >= 15 is 0 Å². The van der Waals surface area contributed by atoms with E-state index in [0.29, 0.717) is 42.2 Å². The Labute approximate surface area is 168 Å². The summed E-state index contributed by atoms with van der Waals surface area (Å²) in [4.78, 5) is 18.5. The summed E-state index contributed by atoms with van der Waals surface area (Å²) in [6.45, 7) is 1.18. The Balaban J connectivity index is 0.00000225. The first-order valence-electron chi connectivity index (χ1n) is 7.65. The van der Waals surface area contributed by atoms with Crippen molar-refractivity contribution >= 4 is 23.2 Å². The molecule has 1 amide bonds. The molecule has 0 radical (unpaired) electrons. The Kier molecular flexibility index (Phi) is 6.56. The number of carbonyl (C=O) groups excluding carboxylic acids is 1. The van der Waals surface area contributed by atoms with Gasteiger partial charge in [0.15, 0.2) is 0 Å². The summed E-state index contributed by atoms with van der Waals surface area (Å²) < 4.78 is 3.40. The van der Waals surface area contributed by atoms with Gasteiger partial charge in [0.1, 0.15) is 18.5 Å². The number of aryl methyl sites for hydroxylation is 1. The summed E-state index contributed by atoms with van der Waals surface area (Å²) in [5.74, 6) is 0. The molecule has 0 bridgehead atoms. The Morgan fingerprint density at radius 3 is 2.60 bits per heavy atom. The standard InChI is InChI=1S/C17H17ClN5O.HI/c1-21-8-9-23(12-21)17(24)22-6-4-13(5-7-22)15(10-19)16-3-2-14(18)11-20-16;/h2-3,8-9,11-12H,4-7H2,1H3;1H/q+1;/p-1. The van der Waals surface area contributed by atoms with Gasteiger partial charge in [-0.1, -0.05) is 11.6 Å². The molecule has 130 valence electrons. The lowest BCUT2D eigenvalue weighted by atomic mass is 9.96. The number of halogens is 2. The minimum absolute atomic E-state index is 0. The number of piperidine rings is 1. The largest absolute Gasteiger partial charge is 1.00 e. The average molecular weight is 470 g/mol. The van der Waals surface area contributed by atoms with Crippen LogP contribution in [0.15, 0.2) is 42.6 Å². The molecule has 8 heteroatoms. The minimum Gasteiger partial charge on any atom is -1.00 e. The van der Waals surface area contributed by atoms with Crippen molar-refractivity contribution in [3.05, 3.63) is 53.3 Å². The molecule has 0 aromatic carbocycles. The number of amides is 1. The van der Waals surface area contributed by atoms with Gasteiger partial charge in [-0.25, -0.2) is 9.36 Å². The first kappa shape index (κ1) is 19.4. The number of pyridine rings is 1. The zero-order valence-corrected chi connectivity index (χ0v) is 16.6. The van der Waals surface area contributed by atoms with Gasteiger partial charge >= 0.3 is 6.03 Å². The summed E-state index contributed by atoms with van der Waals surface area (Å²) in [5.41, 5.74) is 2.26. The van der Waals surface area contributed by atoms with E-state index in [4.69, 9.17) is 11.6 Å². The van der Waals surface area contributed by atoms with E-state index in [-0.39, 0.29) is 30.0 Å². The quantitative estimate of drug-likeness (QED) is 0.319. The number of likely N-dealkylation sites (tertiary alicyclic amines) is 1. The molecule has 0 atom stereocenters. The molecule has 3 rings (SSSR count). The number of rotatable bonds is 1. The van der Waals surface area contributed by atoms with Crippen LogP contribution < -0.4 is 28.5 Å². The van der Waals surface area contributed by atoms with Gasteiger partial charge in [-0.2, -0.15) is 9.83 Å². The van der Waals surface area contributed by atoms with E-state index < -0.39 is 0 Å². The Hall–Kier alpha value is -1.92. The van der Waals surface area contributed by atoms with Crippen molar-refractivity contribution in [2.75, 3.05) is 13.1 Å². The second-order valence-corrected chi connectivity index (χ2v) is 6.14. The highest BCUT2D eigenvalue weighted by atomic mass is 127. The van der Waals surface area contributed by atoms with Gasteiger partial charge in [-0.05, 0) is 30.5 Å². The van der Waals surface area contributed by atoms with Gasteiger partial charge in [0.2, 0.25) is 0 Å². The second-order valence-electron chi connectivity index (χ2n) is 5.71. The molecule has 0 N–H and O–H groups in total. The number of carbonyl (C=O) groups is 1. The average Bonchev–Trinajstić information content (AvgIpc) is 3.04. The topological polar surface area (TPSA) is 65.8 Å². The van der Waals surface area contributed by atoms with Crippen molar-refractivity contribution in [1.82, 2.24) is 14.5 Å². The first-order chi connectivity index (χ1) is 11.6. The molecule has 1 saturated heterocycles. The molecule has 2 aromatic rings. The van der Waals surface area contributed by atoms with E-state index in [0.717, 1.165) is 5.57 Å². The molecule has 0 unspecified atom stereocenters. The summed E-state index contributed by atoms with van der Waals surface area (Å²) in [6, 6.07) is 5.69. The van der Waals surface area contributed by atoms with E-state index in [2.05, 4.69) is 11.1 Å². The first-order valence-corrected chi connectivity index (χ1v) is 8.03. The van der Waals surface area contributed by atoms with E-state index in [1.807, 2.05) is 17.8 Å². The highest BCUT2D eigenvalue weighted by Gasteiger charge is 2.25. The maximum Gasteiger partial charge on any atom is 0.415 e. The van der Waals surface area contributed by atoms with Crippen LogP contribution in [0.2, 0.25) is 5.02 Å². The zero-order chi connectivity index (χ0) is 17.1. The Morgan fingerprint density at radius 1 is 1.36 bits per heavy atom. The predicted molar refractivity (Wildman–Crippen MR) is 89.0 cm³/mol. The maximum atomic E-state index is 12.4. The smallest absolute Gasteiger partial charge is 0.415 e. The van der Waals surface area contributed by atoms with Crippen LogP contribution in [0.25, 0.3) is 5.57 Å². The van der Waals surface area contributed by atoms with Gasteiger partial charge in [-0.3, -0.25) is 4.98 Å². The third-order valence-electron chi connectivity index (χ3n) is 4.08. The third-order valence-corrected chi connectivity index (χ3v) is 4.30. The molecule has 0 saturated carbocycles. The zero-order valence-electron chi connectivity index (χ0n) is 13.7. The highest BCUT2D eigenvalue weighted by Crippen LogP contribution is 2.26. The van der Waals surface area contributed by atoms with Gasteiger partial charge in [0.25, 0.3) is 6.33 Å². The highest BCUT2D eigenvalue weighted by molar-refractivity contribution is 6.30. The van der Waals surface area contributed by atoms with Crippen LogP contribution in [-0.4, -0.2) is 33.6 Å². The molecule has 6 nitrogen and oxygen atoms in total. The van der Waals surface area contributed by atoms with Gasteiger partial charge in [-0.15, -0.1) is 0 Å². The third kappa shape index (κ3) is 4.38. The fourth-order valence-corrected chi connectivity index (χ4v) is 2.90. The van der Waals surface area contributed by atoms with Crippen molar-refractivity contribution in [1.29, 1.82) is 5.26 Å². The molecule has 1 aliphatic rings. The number of hydrogen-bond donors (Lipinski definition) is 0. The van der Waals surface area contributed by atoms with Crippen LogP contribution in [0.5, 0.6) is 0 Å². The molecule has 3 heterocycles. The molecular weight excluding hydrogens is 453 g/mol. The Bertz CT molecular complexity index is 827. The number of nitriles is 1. The molecule has 25 heavy (non-hydrogen) atoms. The molecule has 0 aliphatic carbocycles. The SMILES string of the molecule is C[n+]1ccn(C(=O)N2CCC(=C(C#N)c3ccc(Cl)cn3)CC2)c1.[I-]. The van der Waals surface area contributed by atoms with Crippen LogP contribution in [0, 0.1) is 11.3 Å². The van der Waals surface area contributed by atoms with Gasteiger partial charge in [0, 0.05) is 19.3 Å².